The quantitative estimate of drug-likeness (QED) is 0.574. The first-order valence-corrected chi connectivity index (χ1v) is 3.14. The Bertz CT molecular complexity index is 51.0. The molecule has 1 radical (unpaired) electrons. The first-order chi connectivity index (χ1) is 3.72. The van der Waals surface area contributed by atoms with Crippen LogP contribution in [0.25, 0.3) is 0 Å². The summed E-state index contributed by atoms with van der Waals surface area (Å²) in [5, 5.41) is 4.36. The summed E-state index contributed by atoms with van der Waals surface area (Å²) in [5.41, 5.74) is 0. The van der Waals surface area contributed by atoms with Crippen LogP contribution in [0.15, 0.2) is 0 Å². The first-order valence-electron chi connectivity index (χ1n) is 3.14. The van der Waals surface area contributed by atoms with Crippen molar-refractivity contribution in [2.45, 2.75) is 13.8 Å². The van der Waals surface area contributed by atoms with E-state index in [1.807, 2.05) is 0 Å². The van der Waals surface area contributed by atoms with Gasteiger partial charge in [-0.3, -0.25) is 0 Å². The van der Waals surface area contributed by atoms with Crippen LogP contribution in [0, 0.1) is 0 Å². The molecule has 0 saturated heterocycles. The Kier molecular flexibility index (Phi) is 8.98. The van der Waals surface area contributed by atoms with Crippen LogP contribution in [-0.2, 0) is 18.6 Å². The summed E-state index contributed by atoms with van der Waals surface area (Å²) in [5.74, 6) is 0. The smallest absolute Gasteiger partial charge is 0.0101 e. The summed E-state index contributed by atoms with van der Waals surface area (Å²) >= 11 is 0. The zero-order valence-corrected chi connectivity index (χ0v) is 8.15. The minimum absolute atomic E-state index is 0. The van der Waals surface area contributed by atoms with Crippen molar-refractivity contribution >= 4 is 0 Å². The summed E-state index contributed by atoms with van der Waals surface area (Å²) in [6.45, 7) is 6.47. The Hall–Kier alpha value is 0.504. The Balaban J connectivity index is 0. The van der Waals surface area contributed by atoms with E-state index in [4.69, 9.17) is 0 Å². The van der Waals surface area contributed by atoms with E-state index in [1.165, 1.54) is 0 Å². The van der Waals surface area contributed by atoms with Gasteiger partial charge >= 0.3 is 0 Å². The summed E-state index contributed by atoms with van der Waals surface area (Å²) in [7, 11) is 4.17. The number of hydrogen-bond donors (Lipinski definition) is 0. The van der Waals surface area contributed by atoms with Crippen molar-refractivity contribution in [3.05, 3.63) is 0 Å². The molecule has 0 aromatic rings. The molecule has 2 nitrogen and oxygen atoms in total. The minimum atomic E-state index is 0. The molecule has 0 aliphatic heterocycles. The van der Waals surface area contributed by atoms with Crippen LogP contribution >= 0.6 is 0 Å². The monoisotopic (exact) mass is 167 g/mol. The summed E-state index contributed by atoms with van der Waals surface area (Å²) < 4.78 is 0. The van der Waals surface area contributed by atoms with Gasteiger partial charge in [-0.25, -0.2) is 10.0 Å². The third-order valence-electron chi connectivity index (χ3n) is 1.50. The minimum Gasteiger partial charge on any atom is -0.245 e. The van der Waals surface area contributed by atoms with Crippen LogP contribution in [0.3, 0.4) is 0 Å². The molecule has 0 saturated carbocycles. The molecular weight excluding hydrogens is 151 g/mol. The average Bonchev–Trinajstić information content (AvgIpc) is 1.84. The molecule has 0 fully saturated rings. The molecule has 0 aromatic heterocycles. The van der Waals surface area contributed by atoms with Crippen LogP contribution in [0.1, 0.15) is 13.8 Å². The molecule has 9 heavy (non-hydrogen) atoms. The second-order valence-electron chi connectivity index (χ2n) is 1.95. The molecular formula is C6H16N2V. The van der Waals surface area contributed by atoms with E-state index in [1.54, 1.807) is 0 Å². The molecule has 3 heteroatoms. The van der Waals surface area contributed by atoms with Gasteiger partial charge in [0.05, 0.1) is 0 Å². The average molecular weight is 167 g/mol. The van der Waals surface area contributed by atoms with Crippen molar-refractivity contribution in [2.75, 3.05) is 27.2 Å². The van der Waals surface area contributed by atoms with E-state index in [0.29, 0.717) is 0 Å². The predicted molar refractivity (Wildman–Crippen MR) is 36.6 cm³/mol. The van der Waals surface area contributed by atoms with Crippen molar-refractivity contribution in [1.82, 2.24) is 10.0 Å². The van der Waals surface area contributed by atoms with Crippen LogP contribution in [-0.4, -0.2) is 37.2 Å². The summed E-state index contributed by atoms with van der Waals surface area (Å²) in [6, 6.07) is 0. The molecule has 0 heterocycles. The van der Waals surface area contributed by atoms with Gasteiger partial charge < -0.3 is 0 Å². The normalized spacial score (nSPS) is 10.0. The van der Waals surface area contributed by atoms with E-state index in [0.717, 1.165) is 13.1 Å². The Morgan fingerprint density at radius 2 is 1.11 bits per heavy atom. The summed E-state index contributed by atoms with van der Waals surface area (Å²) in [4.78, 5) is 0. The van der Waals surface area contributed by atoms with Gasteiger partial charge in [0, 0.05) is 45.7 Å². The standard InChI is InChI=1S/C6H16N2.V/c1-5-7(3)8(4)6-2;/h5-6H2,1-4H3;. The second-order valence-corrected chi connectivity index (χ2v) is 1.95. The third-order valence-corrected chi connectivity index (χ3v) is 1.50. The van der Waals surface area contributed by atoms with Gasteiger partial charge in [-0.2, -0.15) is 0 Å². The molecule has 0 aliphatic rings. The van der Waals surface area contributed by atoms with Gasteiger partial charge in [0.25, 0.3) is 0 Å². The van der Waals surface area contributed by atoms with Crippen LogP contribution in [0.2, 0.25) is 0 Å². The van der Waals surface area contributed by atoms with Gasteiger partial charge in [0.15, 0.2) is 0 Å². The van der Waals surface area contributed by atoms with Gasteiger partial charge in [0.2, 0.25) is 0 Å². The molecule has 0 atom stereocenters. The van der Waals surface area contributed by atoms with Crippen molar-refractivity contribution in [3.63, 3.8) is 0 Å². The summed E-state index contributed by atoms with van der Waals surface area (Å²) in [6.07, 6.45) is 0. The van der Waals surface area contributed by atoms with Crippen LogP contribution < -0.4 is 0 Å². The fraction of sp³-hybridized carbons (Fsp3) is 1.00. The molecule has 0 aromatic carbocycles. The Labute approximate surface area is 70.1 Å². The predicted octanol–water partition coefficient (Wildman–Crippen LogP) is 0.802. The first kappa shape index (κ1) is 12.2. The van der Waals surface area contributed by atoms with E-state index >= 15 is 0 Å². The maximum absolute atomic E-state index is 2.18. The molecule has 0 spiro atoms. The number of rotatable bonds is 3. The molecule has 0 N–H and O–H groups in total. The number of nitrogens with zero attached hydrogens (tertiary/aromatic N) is 2. The van der Waals surface area contributed by atoms with Gasteiger partial charge in [0.1, 0.15) is 0 Å². The van der Waals surface area contributed by atoms with Crippen LogP contribution in [0.5, 0.6) is 0 Å². The van der Waals surface area contributed by atoms with E-state index in [2.05, 4.69) is 38.0 Å². The third kappa shape index (κ3) is 4.97. The Morgan fingerprint density at radius 1 is 0.889 bits per heavy atom. The fourth-order valence-corrected chi connectivity index (χ4v) is 0.483. The van der Waals surface area contributed by atoms with Crippen molar-refractivity contribution in [1.29, 1.82) is 0 Å². The Morgan fingerprint density at radius 3 is 1.22 bits per heavy atom. The number of hydrazine groups is 1. The zero-order valence-electron chi connectivity index (χ0n) is 6.76. The molecule has 55 valence electrons. The van der Waals surface area contributed by atoms with Gasteiger partial charge in [-0.15, -0.1) is 0 Å². The van der Waals surface area contributed by atoms with Crippen molar-refractivity contribution < 1.29 is 18.6 Å². The fourth-order valence-electron chi connectivity index (χ4n) is 0.483. The number of hydrogen-bond acceptors (Lipinski definition) is 2. The van der Waals surface area contributed by atoms with Crippen molar-refractivity contribution in [2.24, 2.45) is 0 Å². The van der Waals surface area contributed by atoms with E-state index in [9.17, 15) is 0 Å². The van der Waals surface area contributed by atoms with Gasteiger partial charge in [-0.05, 0) is 0 Å². The molecule has 0 rings (SSSR count). The van der Waals surface area contributed by atoms with E-state index < -0.39 is 0 Å². The van der Waals surface area contributed by atoms with Gasteiger partial charge in [-0.1, -0.05) is 13.8 Å². The maximum atomic E-state index is 2.18. The largest absolute Gasteiger partial charge is 0.245 e. The molecule has 0 unspecified atom stereocenters. The topological polar surface area (TPSA) is 6.48 Å². The maximum Gasteiger partial charge on any atom is 0.0101 e. The SMILES string of the molecule is CCN(C)N(C)CC.[V]. The molecule has 0 bridgehead atoms. The van der Waals surface area contributed by atoms with Crippen molar-refractivity contribution in [3.8, 4) is 0 Å². The molecule has 0 amide bonds. The zero-order chi connectivity index (χ0) is 6.57. The second kappa shape index (κ2) is 6.62. The molecule has 0 aliphatic carbocycles. The van der Waals surface area contributed by atoms with E-state index in [-0.39, 0.29) is 18.6 Å². The van der Waals surface area contributed by atoms with Crippen LogP contribution in [0.4, 0.5) is 0 Å².